The van der Waals surface area contributed by atoms with Crippen molar-refractivity contribution < 1.29 is 9.18 Å². The number of rotatable bonds is 4. The van der Waals surface area contributed by atoms with Crippen LogP contribution in [0.15, 0.2) is 42.5 Å². The predicted molar refractivity (Wildman–Crippen MR) is 80.1 cm³/mol. The van der Waals surface area contributed by atoms with Gasteiger partial charge in [-0.3, -0.25) is 4.79 Å². The highest BCUT2D eigenvalue weighted by atomic mass is 35.5. The topological polar surface area (TPSA) is 20.3 Å². The van der Waals surface area contributed by atoms with E-state index in [1.807, 2.05) is 43.1 Å². The summed E-state index contributed by atoms with van der Waals surface area (Å²) >= 11 is 6.18. The lowest BCUT2D eigenvalue weighted by Gasteiger charge is -2.28. The van der Waals surface area contributed by atoms with Crippen LogP contribution in [-0.4, -0.2) is 13.3 Å². The molecule has 104 valence electrons. The van der Waals surface area contributed by atoms with Crippen molar-refractivity contribution in [3.05, 3.63) is 64.4 Å². The fraction of sp³-hybridized carbons (Fsp3) is 0.188. The fourth-order valence-corrected chi connectivity index (χ4v) is 2.41. The molecule has 2 rings (SSSR count). The Labute approximate surface area is 122 Å². The predicted octanol–water partition coefficient (Wildman–Crippen LogP) is 4.49. The van der Waals surface area contributed by atoms with Gasteiger partial charge in [-0.2, -0.15) is 0 Å². The SMILES string of the molecule is CC(c1ccccc1Cl)N(C)c1cc(F)cc(C=O)c1. The Kier molecular flexibility index (Phi) is 4.40. The molecule has 0 spiro atoms. The Bertz CT molecular complexity index is 630. The van der Waals surface area contributed by atoms with Gasteiger partial charge < -0.3 is 4.90 Å². The lowest BCUT2D eigenvalue weighted by atomic mass is 10.1. The normalized spacial score (nSPS) is 12.0. The number of benzene rings is 2. The lowest BCUT2D eigenvalue weighted by Crippen LogP contribution is -2.22. The summed E-state index contributed by atoms with van der Waals surface area (Å²) < 4.78 is 13.5. The van der Waals surface area contributed by atoms with Crippen molar-refractivity contribution in [1.29, 1.82) is 0 Å². The average molecular weight is 292 g/mol. The highest BCUT2D eigenvalue weighted by Gasteiger charge is 2.16. The molecule has 20 heavy (non-hydrogen) atoms. The van der Waals surface area contributed by atoms with Crippen molar-refractivity contribution in [2.45, 2.75) is 13.0 Å². The zero-order valence-corrected chi connectivity index (χ0v) is 12.1. The summed E-state index contributed by atoms with van der Waals surface area (Å²) in [6.45, 7) is 1.98. The number of hydrogen-bond donors (Lipinski definition) is 0. The maximum absolute atomic E-state index is 13.5. The smallest absolute Gasteiger partial charge is 0.150 e. The minimum atomic E-state index is -0.428. The van der Waals surface area contributed by atoms with Crippen LogP contribution in [0.25, 0.3) is 0 Å². The number of nitrogens with zero attached hydrogens (tertiary/aromatic N) is 1. The molecule has 0 aliphatic carbocycles. The third kappa shape index (κ3) is 2.99. The van der Waals surface area contributed by atoms with Gasteiger partial charge in [-0.15, -0.1) is 0 Å². The number of halogens is 2. The monoisotopic (exact) mass is 291 g/mol. The Hall–Kier alpha value is -1.87. The summed E-state index contributed by atoms with van der Waals surface area (Å²) in [5, 5.41) is 0.666. The van der Waals surface area contributed by atoms with Crippen molar-refractivity contribution in [3.63, 3.8) is 0 Å². The van der Waals surface area contributed by atoms with E-state index < -0.39 is 5.82 Å². The van der Waals surface area contributed by atoms with E-state index in [-0.39, 0.29) is 6.04 Å². The van der Waals surface area contributed by atoms with Gasteiger partial charge in [0.25, 0.3) is 0 Å². The van der Waals surface area contributed by atoms with Crippen LogP contribution in [0.5, 0.6) is 0 Å². The average Bonchev–Trinajstić information content (AvgIpc) is 2.45. The van der Waals surface area contributed by atoms with Crippen LogP contribution in [0, 0.1) is 5.82 Å². The molecule has 0 saturated carbocycles. The zero-order chi connectivity index (χ0) is 14.7. The minimum Gasteiger partial charge on any atom is -0.368 e. The third-order valence-electron chi connectivity index (χ3n) is 3.38. The zero-order valence-electron chi connectivity index (χ0n) is 11.3. The highest BCUT2D eigenvalue weighted by Crippen LogP contribution is 2.30. The number of anilines is 1. The molecule has 0 bridgehead atoms. The number of carbonyl (C=O) groups excluding carboxylic acids is 1. The molecule has 0 saturated heterocycles. The van der Waals surface area contributed by atoms with E-state index in [1.165, 1.54) is 12.1 Å². The first-order valence-electron chi connectivity index (χ1n) is 6.26. The Balaban J connectivity index is 2.36. The van der Waals surface area contributed by atoms with Crippen LogP contribution in [0.2, 0.25) is 5.02 Å². The standard InChI is InChI=1S/C16H15ClFNO/c1-11(15-5-3-4-6-16(15)17)19(2)14-8-12(10-20)7-13(18)9-14/h3-11H,1-2H3. The van der Waals surface area contributed by atoms with E-state index in [4.69, 9.17) is 11.6 Å². The minimum absolute atomic E-state index is 0.0370. The first-order chi connectivity index (χ1) is 9.52. The van der Waals surface area contributed by atoms with Crippen LogP contribution < -0.4 is 4.90 Å². The summed E-state index contributed by atoms with van der Waals surface area (Å²) in [5.74, 6) is -0.428. The Morgan fingerprint density at radius 2 is 1.95 bits per heavy atom. The second-order valence-corrected chi connectivity index (χ2v) is 5.08. The van der Waals surface area contributed by atoms with Crippen LogP contribution >= 0.6 is 11.6 Å². The van der Waals surface area contributed by atoms with Crippen molar-refractivity contribution >= 4 is 23.6 Å². The van der Waals surface area contributed by atoms with Crippen LogP contribution in [0.3, 0.4) is 0 Å². The second kappa shape index (κ2) is 6.06. The summed E-state index contributed by atoms with van der Waals surface area (Å²) in [5.41, 5.74) is 1.91. The molecule has 1 unspecified atom stereocenters. The molecule has 2 aromatic carbocycles. The van der Waals surface area contributed by atoms with Crippen molar-refractivity contribution in [2.24, 2.45) is 0 Å². The molecule has 0 aliphatic heterocycles. The highest BCUT2D eigenvalue weighted by molar-refractivity contribution is 6.31. The lowest BCUT2D eigenvalue weighted by molar-refractivity contribution is 0.112. The fourth-order valence-electron chi connectivity index (χ4n) is 2.11. The summed E-state index contributed by atoms with van der Waals surface area (Å²) in [4.78, 5) is 12.7. The quantitative estimate of drug-likeness (QED) is 0.774. The Morgan fingerprint density at radius 1 is 1.25 bits per heavy atom. The number of aldehydes is 1. The van der Waals surface area contributed by atoms with Crippen LogP contribution in [0.4, 0.5) is 10.1 Å². The summed E-state index contributed by atoms with van der Waals surface area (Å²) in [6.07, 6.45) is 0.639. The van der Waals surface area contributed by atoms with Crippen molar-refractivity contribution in [3.8, 4) is 0 Å². The van der Waals surface area contributed by atoms with Crippen molar-refractivity contribution in [2.75, 3.05) is 11.9 Å². The van der Waals surface area contributed by atoms with Gasteiger partial charge in [0, 0.05) is 23.3 Å². The molecule has 2 nitrogen and oxygen atoms in total. The van der Waals surface area contributed by atoms with E-state index in [1.54, 1.807) is 6.07 Å². The molecule has 2 aromatic rings. The molecule has 0 heterocycles. The van der Waals surface area contributed by atoms with E-state index in [9.17, 15) is 9.18 Å². The Morgan fingerprint density at radius 3 is 2.60 bits per heavy atom. The van der Waals surface area contributed by atoms with Gasteiger partial charge >= 0.3 is 0 Å². The molecule has 0 fully saturated rings. The number of carbonyl (C=O) groups is 1. The van der Waals surface area contributed by atoms with Crippen molar-refractivity contribution in [1.82, 2.24) is 0 Å². The third-order valence-corrected chi connectivity index (χ3v) is 3.73. The van der Waals surface area contributed by atoms with Gasteiger partial charge in [-0.05, 0) is 36.8 Å². The van der Waals surface area contributed by atoms with Gasteiger partial charge in [0.2, 0.25) is 0 Å². The van der Waals surface area contributed by atoms with E-state index in [0.717, 1.165) is 5.56 Å². The summed E-state index contributed by atoms with van der Waals surface area (Å²) in [6, 6.07) is 11.8. The molecule has 1 atom stereocenters. The largest absolute Gasteiger partial charge is 0.368 e. The van der Waals surface area contributed by atoms with E-state index in [0.29, 0.717) is 22.6 Å². The molecular weight excluding hydrogens is 277 g/mol. The van der Waals surface area contributed by atoms with Gasteiger partial charge in [-0.25, -0.2) is 4.39 Å². The van der Waals surface area contributed by atoms with E-state index in [2.05, 4.69) is 0 Å². The molecule has 0 aromatic heterocycles. The van der Waals surface area contributed by atoms with Gasteiger partial charge in [-0.1, -0.05) is 29.8 Å². The van der Waals surface area contributed by atoms with Crippen LogP contribution in [-0.2, 0) is 0 Å². The van der Waals surface area contributed by atoms with Gasteiger partial charge in [0.05, 0.1) is 6.04 Å². The van der Waals surface area contributed by atoms with E-state index >= 15 is 0 Å². The van der Waals surface area contributed by atoms with Gasteiger partial charge in [0.1, 0.15) is 12.1 Å². The number of hydrogen-bond acceptors (Lipinski definition) is 2. The molecular formula is C16H15ClFNO. The molecule has 4 heteroatoms. The molecule has 0 N–H and O–H groups in total. The molecule has 0 aliphatic rings. The van der Waals surface area contributed by atoms with Gasteiger partial charge in [0.15, 0.2) is 0 Å². The first-order valence-corrected chi connectivity index (χ1v) is 6.63. The molecule has 0 amide bonds. The molecule has 0 radical (unpaired) electrons. The first kappa shape index (κ1) is 14.5. The van der Waals surface area contributed by atoms with Crippen LogP contribution in [0.1, 0.15) is 28.9 Å². The summed E-state index contributed by atoms with van der Waals surface area (Å²) in [7, 11) is 1.84. The second-order valence-electron chi connectivity index (χ2n) is 4.67. The maximum Gasteiger partial charge on any atom is 0.150 e. The maximum atomic E-state index is 13.5.